The summed E-state index contributed by atoms with van der Waals surface area (Å²) in [4.78, 5) is 0. The number of hydrogen-bond donors (Lipinski definition) is 1. The Kier molecular flexibility index (Phi) is 5.47. The van der Waals surface area contributed by atoms with Gasteiger partial charge in [-0.15, -0.1) is 0 Å². The van der Waals surface area contributed by atoms with Gasteiger partial charge in [0.15, 0.2) is 0 Å². The standard InChI is InChI=1S/C17H19Cl2N/c1-3-9-20-17(13-5-4-6-14(18)11-13)16-8-7-15(19)10-12(16)2/h4-8,10-11,17,20H,3,9H2,1-2H3. The molecule has 106 valence electrons. The van der Waals surface area contributed by atoms with Crippen LogP contribution in [0.4, 0.5) is 0 Å². The predicted octanol–water partition coefficient (Wildman–Crippen LogP) is 5.39. The quantitative estimate of drug-likeness (QED) is 0.780. The minimum atomic E-state index is 0.144. The van der Waals surface area contributed by atoms with Gasteiger partial charge in [-0.25, -0.2) is 0 Å². The summed E-state index contributed by atoms with van der Waals surface area (Å²) in [5.41, 5.74) is 3.60. The maximum atomic E-state index is 6.13. The highest BCUT2D eigenvalue weighted by atomic mass is 35.5. The number of benzene rings is 2. The van der Waals surface area contributed by atoms with Crippen LogP contribution in [0.1, 0.15) is 36.1 Å². The largest absolute Gasteiger partial charge is 0.306 e. The van der Waals surface area contributed by atoms with Gasteiger partial charge in [0.2, 0.25) is 0 Å². The van der Waals surface area contributed by atoms with E-state index in [1.54, 1.807) is 0 Å². The third-order valence-corrected chi connectivity index (χ3v) is 3.79. The van der Waals surface area contributed by atoms with Crippen molar-refractivity contribution >= 4 is 23.2 Å². The van der Waals surface area contributed by atoms with E-state index < -0.39 is 0 Å². The molecular weight excluding hydrogens is 289 g/mol. The summed E-state index contributed by atoms with van der Waals surface area (Å²) < 4.78 is 0. The Morgan fingerprint density at radius 3 is 2.45 bits per heavy atom. The second kappa shape index (κ2) is 7.12. The van der Waals surface area contributed by atoms with Gasteiger partial charge < -0.3 is 5.32 Å². The maximum absolute atomic E-state index is 6.13. The number of nitrogens with one attached hydrogen (secondary N) is 1. The van der Waals surface area contributed by atoms with Crippen molar-refractivity contribution in [3.8, 4) is 0 Å². The van der Waals surface area contributed by atoms with Crippen LogP contribution < -0.4 is 5.32 Å². The molecule has 0 radical (unpaired) electrons. The molecule has 0 saturated carbocycles. The summed E-state index contributed by atoms with van der Waals surface area (Å²) in [6.07, 6.45) is 1.09. The monoisotopic (exact) mass is 307 g/mol. The zero-order chi connectivity index (χ0) is 14.5. The topological polar surface area (TPSA) is 12.0 Å². The van der Waals surface area contributed by atoms with E-state index >= 15 is 0 Å². The van der Waals surface area contributed by atoms with Gasteiger partial charge in [0, 0.05) is 10.0 Å². The van der Waals surface area contributed by atoms with Crippen molar-refractivity contribution in [3.05, 3.63) is 69.2 Å². The smallest absolute Gasteiger partial charge is 0.0579 e. The lowest BCUT2D eigenvalue weighted by Gasteiger charge is -2.22. The minimum Gasteiger partial charge on any atom is -0.306 e. The average molecular weight is 308 g/mol. The third kappa shape index (κ3) is 3.76. The van der Waals surface area contributed by atoms with Gasteiger partial charge in [-0.3, -0.25) is 0 Å². The lowest BCUT2D eigenvalue weighted by atomic mass is 9.95. The van der Waals surface area contributed by atoms with Crippen LogP contribution >= 0.6 is 23.2 Å². The van der Waals surface area contributed by atoms with Crippen LogP contribution in [0.5, 0.6) is 0 Å². The zero-order valence-corrected chi connectivity index (χ0v) is 13.3. The first-order valence-electron chi connectivity index (χ1n) is 6.86. The Hall–Kier alpha value is -1.02. The van der Waals surface area contributed by atoms with E-state index in [-0.39, 0.29) is 6.04 Å². The molecule has 2 rings (SSSR count). The maximum Gasteiger partial charge on any atom is 0.0579 e. The molecule has 0 aliphatic heterocycles. The van der Waals surface area contributed by atoms with Gasteiger partial charge >= 0.3 is 0 Å². The Morgan fingerprint density at radius 1 is 1.05 bits per heavy atom. The summed E-state index contributed by atoms with van der Waals surface area (Å²) in [6.45, 7) is 5.21. The molecule has 3 heteroatoms. The predicted molar refractivity (Wildman–Crippen MR) is 87.8 cm³/mol. The molecule has 0 heterocycles. The van der Waals surface area contributed by atoms with Gasteiger partial charge in [0.25, 0.3) is 0 Å². The van der Waals surface area contributed by atoms with Gasteiger partial charge in [0.1, 0.15) is 0 Å². The molecule has 0 aliphatic carbocycles. The van der Waals surface area contributed by atoms with Crippen molar-refractivity contribution in [2.24, 2.45) is 0 Å². The molecule has 0 spiro atoms. The first-order chi connectivity index (χ1) is 9.61. The Labute approximate surface area is 130 Å². The fourth-order valence-corrected chi connectivity index (χ4v) is 2.77. The van der Waals surface area contributed by atoms with E-state index in [0.29, 0.717) is 0 Å². The van der Waals surface area contributed by atoms with Gasteiger partial charge in [0.05, 0.1) is 6.04 Å². The summed E-state index contributed by atoms with van der Waals surface area (Å²) in [7, 11) is 0. The zero-order valence-electron chi connectivity index (χ0n) is 11.8. The van der Waals surface area contributed by atoms with Crippen molar-refractivity contribution in [2.75, 3.05) is 6.54 Å². The van der Waals surface area contributed by atoms with Crippen molar-refractivity contribution in [3.63, 3.8) is 0 Å². The lowest BCUT2D eigenvalue weighted by molar-refractivity contribution is 0.596. The van der Waals surface area contributed by atoms with E-state index in [9.17, 15) is 0 Å². The fraction of sp³-hybridized carbons (Fsp3) is 0.294. The Balaban J connectivity index is 2.41. The Bertz CT molecular complexity index is 581. The fourth-order valence-electron chi connectivity index (χ4n) is 2.35. The van der Waals surface area contributed by atoms with Crippen LogP contribution in [0.25, 0.3) is 0 Å². The molecular formula is C17H19Cl2N. The lowest BCUT2D eigenvalue weighted by Crippen LogP contribution is -2.23. The van der Waals surface area contributed by atoms with Gasteiger partial charge in [-0.2, -0.15) is 0 Å². The number of rotatable bonds is 5. The molecule has 0 saturated heterocycles. The van der Waals surface area contributed by atoms with Crippen molar-refractivity contribution < 1.29 is 0 Å². The highest BCUT2D eigenvalue weighted by Crippen LogP contribution is 2.28. The second-order valence-electron chi connectivity index (χ2n) is 4.94. The first-order valence-corrected chi connectivity index (χ1v) is 7.62. The molecule has 0 aliphatic rings. The van der Waals surface area contributed by atoms with Gasteiger partial charge in [-0.05, 0) is 60.8 Å². The third-order valence-electron chi connectivity index (χ3n) is 3.32. The molecule has 20 heavy (non-hydrogen) atoms. The molecule has 0 fully saturated rings. The molecule has 1 unspecified atom stereocenters. The van der Waals surface area contributed by atoms with Crippen LogP contribution in [0.15, 0.2) is 42.5 Å². The number of aryl methyl sites for hydroxylation is 1. The van der Waals surface area contributed by atoms with E-state index in [2.05, 4.69) is 31.3 Å². The van der Waals surface area contributed by atoms with E-state index in [1.165, 1.54) is 16.7 Å². The molecule has 1 atom stereocenters. The van der Waals surface area contributed by atoms with Crippen LogP contribution in [0.2, 0.25) is 10.0 Å². The molecule has 0 bridgehead atoms. The summed E-state index contributed by atoms with van der Waals surface area (Å²) in [6, 6.07) is 14.2. The number of hydrogen-bond acceptors (Lipinski definition) is 1. The summed E-state index contributed by atoms with van der Waals surface area (Å²) in [5, 5.41) is 5.12. The first kappa shape index (κ1) is 15.4. The highest BCUT2D eigenvalue weighted by molar-refractivity contribution is 6.31. The van der Waals surface area contributed by atoms with Crippen LogP contribution in [-0.2, 0) is 0 Å². The van der Waals surface area contributed by atoms with E-state index in [1.807, 2.05) is 30.3 Å². The molecule has 0 aromatic heterocycles. The minimum absolute atomic E-state index is 0.144. The molecule has 0 amide bonds. The normalized spacial score (nSPS) is 12.4. The average Bonchev–Trinajstić information content (AvgIpc) is 2.41. The van der Waals surface area contributed by atoms with Crippen LogP contribution in [0, 0.1) is 6.92 Å². The van der Waals surface area contributed by atoms with Crippen molar-refractivity contribution in [1.29, 1.82) is 0 Å². The molecule has 1 nitrogen and oxygen atoms in total. The van der Waals surface area contributed by atoms with Crippen LogP contribution in [0.3, 0.4) is 0 Å². The molecule has 2 aromatic rings. The van der Waals surface area contributed by atoms with Crippen molar-refractivity contribution in [2.45, 2.75) is 26.3 Å². The SMILES string of the molecule is CCCNC(c1cccc(Cl)c1)c1ccc(Cl)cc1C. The summed E-state index contributed by atoms with van der Waals surface area (Å²) >= 11 is 12.2. The van der Waals surface area contributed by atoms with Gasteiger partial charge in [-0.1, -0.05) is 48.3 Å². The second-order valence-corrected chi connectivity index (χ2v) is 5.82. The van der Waals surface area contributed by atoms with Crippen molar-refractivity contribution in [1.82, 2.24) is 5.32 Å². The number of halogens is 2. The van der Waals surface area contributed by atoms with E-state index in [4.69, 9.17) is 23.2 Å². The van der Waals surface area contributed by atoms with E-state index in [0.717, 1.165) is 23.0 Å². The Morgan fingerprint density at radius 2 is 1.80 bits per heavy atom. The highest BCUT2D eigenvalue weighted by Gasteiger charge is 2.15. The van der Waals surface area contributed by atoms with Crippen LogP contribution in [-0.4, -0.2) is 6.54 Å². The summed E-state index contributed by atoms with van der Waals surface area (Å²) in [5.74, 6) is 0. The molecule has 2 aromatic carbocycles. The molecule has 1 N–H and O–H groups in total.